The van der Waals surface area contributed by atoms with Crippen molar-refractivity contribution in [2.24, 2.45) is 0 Å². The van der Waals surface area contributed by atoms with Gasteiger partial charge in [-0.25, -0.2) is 4.21 Å². The number of hydrogen-bond acceptors (Lipinski definition) is 4. The monoisotopic (exact) mass is 250 g/mol. The van der Waals surface area contributed by atoms with Gasteiger partial charge in [0, 0.05) is 4.47 Å². The number of hydrogen-bond donors (Lipinski definition) is 1. The van der Waals surface area contributed by atoms with E-state index in [4.69, 9.17) is 5.73 Å². The van der Waals surface area contributed by atoms with E-state index >= 15 is 0 Å². The minimum absolute atomic E-state index is 0.131. The van der Waals surface area contributed by atoms with Gasteiger partial charge in [0.2, 0.25) is 0 Å². The van der Waals surface area contributed by atoms with Crippen LogP contribution in [0.5, 0.6) is 5.75 Å². The average molecular weight is 251 g/mol. The fourth-order valence-electron chi connectivity index (χ4n) is 0.669. The van der Waals surface area contributed by atoms with Crippen LogP contribution in [0.15, 0.2) is 22.7 Å². The van der Waals surface area contributed by atoms with Crippen LogP contribution >= 0.6 is 15.9 Å². The zero-order valence-corrected chi connectivity index (χ0v) is 8.22. The van der Waals surface area contributed by atoms with Crippen molar-refractivity contribution in [2.75, 3.05) is 5.73 Å². The first-order valence-electron chi connectivity index (χ1n) is 2.92. The van der Waals surface area contributed by atoms with Crippen LogP contribution in [-0.2, 0) is 11.4 Å². The molecule has 0 heterocycles. The van der Waals surface area contributed by atoms with Crippen molar-refractivity contribution in [1.82, 2.24) is 0 Å². The summed E-state index contributed by atoms with van der Waals surface area (Å²) in [5, 5.41) is 0. The van der Waals surface area contributed by atoms with E-state index in [2.05, 4.69) is 20.1 Å². The quantitative estimate of drug-likeness (QED) is 0.633. The van der Waals surface area contributed by atoms with Crippen LogP contribution in [-0.4, -0.2) is 8.76 Å². The minimum Gasteiger partial charge on any atom is -0.740 e. The Morgan fingerprint density at radius 2 is 2.25 bits per heavy atom. The van der Waals surface area contributed by atoms with Crippen molar-refractivity contribution in [3.05, 3.63) is 22.7 Å². The highest BCUT2D eigenvalue weighted by Gasteiger charge is 2.00. The van der Waals surface area contributed by atoms with Crippen molar-refractivity contribution >= 4 is 33.0 Å². The number of benzene rings is 1. The van der Waals surface area contributed by atoms with Gasteiger partial charge in [-0.1, -0.05) is 15.9 Å². The van der Waals surface area contributed by atoms with Crippen molar-refractivity contribution in [3.63, 3.8) is 0 Å². The van der Waals surface area contributed by atoms with Crippen molar-refractivity contribution in [3.8, 4) is 5.75 Å². The normalized spacial score (nSPS) is 12.5. The SMILES string of the molecule is Nc1cc(Br)ccc1OS(=O)[O-]. The maximum atomic E-state index is 10.1. The molecular formula is C6H5BrNO3S-. The van der Waals surface area contributed by atoms with E-state index in [9.17, 15) is 8.76 Å². The summed E-state index contributed by atoms with van der Waals surface area (Å²) >= 11 is 0.594. The Hall–Kier alpha value is -0.590. The van der Waals surface area contributed by atoms with Gasteiger partial charge in [0.1, 0.15) is 11.4 Å². The third-order valence-electron chi connectivity index (χ3n) is 1.13. The van der Waals surface area contributed by atoms with Crippen LogP contribution in [0.3, 0.4) is 0 Å². The predicted molar refractivity (Wildman–Crippen MR) is 48.1 cm³/mol. The fraction of sp³-hybridized carbons (Fsp3) is 0. The molecule has 0 aliphatic rings. The van der Waals surface area contributed by atoms with Crippen LogP contribution in [0.25, 0.3) is 0 Å². The molecule has 12 heavy (non-hydrogen) atoms. The van der Waals surface area contributed by atoms with E-state index in [0.29, 0.717) is 0 Å². The van der Waals surface area contributed by atoms with Crippen LogP contribution in [0, 0.1) is 0 Å². The van der Waals surface area contributed by atoms with Crippen LogP contribution in [0.2, 0.25) is 0 Å². The summed E-state index contributed by atoms with van der Waals surface area (Å²) in [6.07, 6.45) is 0. The van der Waals surface area contributed by atoms with Gasteiger partial charge in [-0.15, -0.1) is 0 Å². The third kappa shape index (κ3) is 2.47. The van der Waals surface area contributed by atoms with Crippen molar-refractivity contribution in [1.29, 1.82) is 0 Å². The molecule has 4 nitrogen and oxygen atoms in total. The predicted octanol–water partition coefficient (Wildman–Crippen LogP) is 1.20. The molecule has 66 valence electrons. The lowest BCUT2D eigenvalue weighted by Crippen LogP contribution is -2.00. The molecule has 0 bridgehead atoms. The molecule has 2 N–H and O–H groups in total. The second-order valence-corrected chi connectivity index (χ2v) is 3.46. The fourth-order valence-corrected chi connectivity index (χ4v) is 1.35. The summed E-state index contributed by atoms with van der Waals surface area (Å²) in [5.41, 5.74) is 5.71. The molecule has 0 amide bonds. The van der Waals surface area contributed by atoms with E-state index in [0.717, 1.165) is 4.47 Å². The summed E-state index contributed by atoms with van der Waals surface area (Å²) in [5.74, 6) is 0.131. The molecule has 1 rings (SSSR count). The van der Waals surface area contributed by atoms with E-state index in [1.54, 1.807) is 12.1 Å². The van der Waals surface area contributed by atoms with E-state index < -0.39 is 11.4 Å². The van der Waals surface area contributed by atoms with Gasteiger partial charge < -0.3 is 14.5 Å². The molecule has 1 aromatic carbocycles. The molecule has 0 radical (unpaired) electrons. The van der Waals surface area contributed by atoms with E-state index in [1.807, 2.05) is 0 Å². The number of nitrogen functional groups attached to an aromatic ring is 1. The van der Waals surface area contributed by atoms with Gasteiger partial charge in [0.25, 0.3) is 0 Å². The number of nitrogens with two attached hydrogens (primary N) is 1. The second-order valence-electron chi connectivity index (χ2n) is 1.97. The Labute approximate surface area is 80.3 Å². The van der Waals surface area contributed by atoms with Crippen LogP contribution in [0.4, 0.5) is 5.69 Å². The first-order chi connectivity index (χ1) is 5.59. The highest BCUT2D eigenvalue weighted by Crippen LogP contribution is 2.25. The Bertz CT molecular complexity index is 318. The van der Waals surface area contributed by atoms with E-state index in [1.165, 1.54) is 6.07 Å². The third-order valence-corrected chi connectivity index (χ3v) is 1.94. The number of rotatable bonds is 2. The van der Waals surface area contributed by atoms with Crippen LogP contribution < -0.4 is 9.92 Å². The summed E-state index contributed by atoms with van der Waals surface area (Å²) in [6.45, 7) is 0. The molecule has 1 atom stereocenters. The average Bonchev–Trinajstić information content (AvgIpc) is 1.94. The van der Waals surface area contributed by atoms with Gasteiger partial charge in [0.15, 0.2) is 5.75 Å². The molecule has 1 aromatic rings. The maximum absolute atomic E-state index is 10.1. The van der Waals surface area contributed by atoms with Crippen molar-refractivity contribution in [2.45, 2.75) is 0 Å². The summed E-state index contributed by atoms with van der Waals surface area (Å²) < 4.78 is 25.4. The zero-order valence-electron chi connectivity index (χ0n) is 5.82. The van der Waals surface area contributed by atoms with Crippen LogP contribution in [0.1, 0.15) is 0 Å². The summed E-state index contributed by atoms with van der Waals surface area (Å²) in [4.78, 5) is 0. The Morgan fingerprint density at radius 3 is 2.75 bits per heavy atom. The molecule has 6 heteroatoms. The number of anilines is 1. The van der Waals surface area contributed by atoms with Gasteiger partial charge in [-0.3, -0.25) is 0 Å². The Kier molecular flexibility index (Phi) is 3.07. The maximum Gasteiger partial charge on any atom is 0.162 e. The Balaban J connectivity index is 2.93. The highest BCUT2D eigenvalue weighted by atomic mass is 79.9. The second kappa shape index (κ2) is 3.88. The van der Waals surface area contributed by atoms with Gasteiger partial charge in [-0.05, 0) is 18.2 Å². The molecule has 0 aliphatic carbocycles. The minimum atomic E-state index is -2.58. The molecular weight excluding hydrogens is 246 g/mol. The largest absolute Gasteiger partial charge is 0.740 e. The van der Waals surface area contributed by atoms with Gasteiger partial charge >= 0.3 is 0 Å². The molecule has 0 aliphatic heterocycles. The van der Waals surface area contributed by atoms with Gasteiger partial charge in [-0.2, -0.15) is 0 Å². The standard InChI is InChI=1S/C6H6BrNO3S/c7-4-1-2-6(5(8)3-4)11-12(9)10/h1-3H,8H2,(H,9,10)/p-1. The lowest BCUT2D eigenvalue weighted by Gasteiger charge is -2.09. The molecule has 0 saturated heterocycles. The molecule has 1 unspecified atom stereocenters. The zero-order chi connectivity index (χ0) is 9.14. The molecule has 0 spiro atoms. The van der Waals surface area contributed by atoms with Crippen molar-refractivity contribution < 1.29 is 12.9 Å². The van der Waals surface area contributed by atoms with E-state index in [-0.39, 0.29) is 11.4 Å². The first kappa shape index (κ1) is 9.50. The highest BCUT2D eigenvalue weighted by molar-refractivity contribution is 9.10. The lowest BCUT2D eigenvalue weighted by atomic mass is 10.3. The first-order valence-corrected chi connectivity index (χ1v) is 4.71. The lowest BCUT2D eigenvalue weighted by molar-refractivity contribution is 0.441. The molecule has 0 saturated carbocycles. The summed E-state index contributed by atoms with van der Waals surface area (Å²) in [7, 11) is 0. The smallest absolute Gasteiger partial charge is 0.162 e. The molecule has 0 aromatic heterocycles. The summed E-state index contributed by atoms with van der Waals surface area (Å²) in [6, 6.07) is 4.66. The van der Waals surface area contributed by atoms with Gasteiger partial charge in [0.05, 0.1) is 5.69 Å². The topological polar surface area (TPSA) is 75.4 Å². The Morgan fingerprint density at radius 1 is 1.58 bits per heavy atom. The number of halogens is 1. The molecule has 0 fully saturated rings.